The summed E-state index contributed by atoms with van der Waals surface area (Å²) in [7, 11) is 0. The largest absolute Gasteiger partial charge is 0.489 e. The molecule has 6 rings (SSSR count). The number of pyridine rings is 1. The minimum atomic E-state index is -0.233. The van der Waals surface area contributed by atoms with Gasteiger partial charge in [0, 0.05) is 46.6 Å². The summed E-state index contributed by atoms with van der Waals surface area (Å²) in [6.07, 6.45) is 0.750. The zero-order valence-electron chi connectivity index (χ0n) is 22.1. The molecule has 5 aromatic rings. The molecule has 2 atom stereocenters. The van der Waals surface area contributed by atoms with Crippen molar-refractivity contribution in [3.63, 3.8) is 0 Å². The number of anilines is 1. The Morgan fingerprint density at radius 3 is 2.70 bits per heavy atom. The van der Waals surface area contributed by atoms with Gasteiger partial charge in [0.25, 0.3) is 5.91 Å². The molecule has 1 amide bonds. The number of carbonyl (C=O) groups is 1. The van der Waals surface area contributed by atoms with Gasteiger partial charge in [0.15, 0.2) is 5.13 Å². The topological polar surface area (TPSA) is 113 Å². The first-order chi connectivity index (χ1) is 19.4. The summed E-state index contributed by atoms with van der Waals surface area (Å²) in [6, 6.07) is 17.0. The minimum Gasteiger partial charge on any atom is -0.489 e. The van der Waals surface area contributed by atoms with Gasteiger partial charge in [-0.2, -0.15) is 5.10 Å². The van der Waals surface area contributed by atoms with Crippen LogP contribution in [0, 0.1) is 13.8 Å². The molecule has 40 heavy (non-hydrogen) atoms. The highest BCUT2D eigenvalue weighted by atomic mass is 32.1. The molecule has 0 aliphatic carbocycles. The first-order valence-corrected chi connectivity index (χ1v) is 14.7. The molecule has 4 heterocycles. The Bertz CT molecular complexity index is 1710. The number of thiazole rings is 1. The smallest absolute Gasteiger partial charge is 0.322 e. The van der Waals surface area contributed by atoms with Crippen molar-refractivity contribution in [2.45, 2.75) is 38.8 Å². The number of amides is 1. The normalized spacial score (nSPS) is 17.2. The highest BCUT2D eigenvalue weighted by molar-refractivity contribution is 7.13. The van der Waals surface area contributed by atoms with E-state index in [0.717, 1.165) is 57.3 Å². The Morgan fingerprint density at radius 2 is 1.95 bits per heavy atom. The summed E-state index contributed by atoms with van der Waals surface area (Å²) < 4.78 is 6.07. The fourth-order valence-electron chi connectivity index (χ4n) is 5.08. The third-order valence-electron chi connectivity index (χ3n) is 7.02. The number of benzene rings is 2. The van der Waals surface area contributed by atoms with Gasteiger partial charge < -0.3 is 15.0 Å². The van der Waals surface area contributed by atoms with Crippen LogP contribution in [0.25, 0.3) is 10.9 Å². The number of nitrogens with one attached hydrogen (secondary N) is 2. The predicted molar refractivity (Wildman–Crippen MR) is 158 cm³/mol. The molecule has 1 aliphatic rings. The van der Waals surface area contributed by atoms with Crippen LogP contribution in [0.15, 0.2) is 64.8 Å². The van der Waals surface area contributed by atoms with Crippen LogP contribution in [-0.4, -0.2) is 45.2 Å². The van der Waals surface area contributed by atoms with Gasteiger partial charge in [0.1, 0.15) is 17.4 Å². The Morgan fingerprint density at radius 1 is 1.12 bits per heavy atom. The van der Waals surface area contributed by atoms with E-state index < -0.39 is 0 Å². The molecule has 0 radical (unpaired) electrons. The molecule has 2 unspecified atom stereocenters. The van der Waals surface area contributed by atoms with E-state index in [1.165, 1.54) is 0 Å². The molecule has 0 bridgehead atoms. The molecule has 0 saturated carbocycles. The zero-order chi connectivity index (χ0) is 27.6. The Labute approximate surface area is 238 Å². The van der Waals surface area contributed by atoms with Crippen LogP contribution in [0.1, 0.15) is 44.7 Å². The number of para-hydroxylation sites is 1. The second kappa shape index (κ2) is 11.2. The van der Waals surface area contributed by atoms with Crippen LogP contribution in [-0.2, 0) is 6.61 Å². The van der Waals surface area contributed by atoms with Gasteiger partial charge in [-0.15, -0.1) is 11.3 Å². The lowest BCUT2D eigenvalue weighted by Crippen LogP contribution is -2.51. The van der Waals surface area contributed by atoms with Gasteiger partial charge in [0.05, 0.1) is 17.3 Å². The number of hydrogen-bond acceptors (Lipinski definition) is 9. The Hall–Kier alpha value is -4.09. The standard InChI is InChI=1S/C29H28N6O3S2/c1-17-13-20(22-5-3-4-6-24(22)30-17)15-38-21-9-7-19(8-10-21)26(36)32-25-14-35(28-31-18(2)16-39-28)12-11-23(25)27-33-34-29(37)40-27/h3-10,13,16,23,25H,11-12,14-15H2,1-2H3,(H,32,36)(H,34,37). The number of aromatic nitrogens is 4. The molecule has 1 aliphatic heterocycles. The highest BCUT2D eigenvalue weighted by Gasteiger charge is 2.34. The minimum absolute atomic E-state index is 0.0635. The number of aryl methyl sites for hydroxylation is 2. The average molecular weight is 573 g/mol. The van der Waals surface area contributed by atoms with Crippen LogP contribution < -0.4 is 19.8 Å². The summed E-state index contributed by atoms with van der Waals surface area (Å²) >= 11 is 2.70. The van der Waals surface area contributed by atoms with Crippen molar-refractivity contribution in [1.29, 1.82) is 0 Å². The van der Waals surface area contributed by atoms with Gasteiger partial charge in [0.2, 0.25) is 0 Å². The Balaban J connectivity index is 1.15. The summed E-state index contributed by atoms with van der Waals surface area (Å²) in [5.74, 6) is 0.432. The molecule has 2 aromatic carbocycles. The van der Waals surface area contributed by atoms with E-state index in [0.29, 0.717) is 29.5 Å². The predicted octanol–water partition coefficient (Wildman–Crippen LogP) is 4.82. The fraction of sp³-hybridized carbons (Fsp3) is 0.276. The second-order valence-electron chi connectivity index (χ2n) is 9.90. The van der Waals surface area contributed by atoms with Crippen molar-refractivity contribution >= 4 is 44.6 Å². The third kappa shape index (κ3) is 5.61. The molecule has 1 fully saturated rings. The first-order valence-electron chi connectivity index (χ1n) is 13.0. The molecule has 2 N–H and O–H groups in total. The van der Waals surface area contributed by atoms with E-state index in [9.17, 15) is 9.59 Å². The summed E-state index contributed by atoms with van der Waals surface area (Å²) in [5.41, 5.74) is 4.46. The number of carbonyl (C=O) groups excluding carboxylic acids is 1. The number of piperidine rings is 1. The number of ether oxygens (including phenoxy) is 1. The Kier molecular flexibility index (Phi) is 7.31. The lowest BCUT2D eigenvalue weighted by molar-refractivity contribution is 0.0927. The van der Waals surface area contributed by atoms with Crippen LogP contribution in [0.2, 0.25) is 0 Å². The van der Waals surface area contributed by atoms with Gasteiger partial charge in [-0.1, -0.05) is 29.5 Å². The number of fused-ring (bicyclic) bond motifs is 1. The van der Waals surface area contributed by atoms with E-state index in [4.69, 9.17) is 4.74 Å². The van der Waals surface area contributed by atoms with Gasteiger partial charge in [-0.05, 0) is 56.7 Å². The third-order valence-corrected chi connectivity index (χ3v) is 8.92. The SMILES string of the molecule is Cc1csc(N2CCC(c3n[nH]c(=O)s3)C(NC(=O)c3ccc(OCc4cc(C)nc5ccccc45)cc3)C2)n1. The van der Waals surface area contributed by atoms with E-state index >= 15 is 0 Å². The van der Waals surface area contributed by atoms with Crippen molar-refractivity contribution in [2.24, 2.45) is 0 Å². The molecule has 0 spiro atoms. The molecule has 9 nitrogen and oxygen atoms in total. The van der Waals surface area contributed by atoms with Crippen LogP contribution in [0.5, 0.6) is 5.75 Å². The maximum absolute atomic E-state index is 13.3. The van der Waals surface area contributed by atoms with E-state index in [-0.39, 0.29) is 22.7 Å². The maximum Gasteiger partial charge on any atom is 0.322 e. The van der Waals surface area contributed by atoms with Gasteiger partial charge in [-0.25, -0.2) is 10.1 Å². The number of rotatable bonds is 7. The summed E-state index contributed by atoms with van der Waals surface area (Å²) in [6.45, 7) is 5.70. The quantitative estimate of drug-likeness (QED) is 0.287. The monoisotopic (exact) mass is 572 g/mol. The second-order valence-corrected chi connectivity index (χ2v) is 11.7. The average Bonchev–Trinajstić information content (AvgIpc) is 3.60. The number of nitrogens with zero attached hydrogens (tertiary/aromatic N) is 4. The van der Waals surface area contributed by atoms with Crippen LogP contribution in [0.4, 0.5) is 5.13 Å². The molecule has 204 valence electrons. The number of aromatic amines is 1. The van der Waals surface area contributed by atoms with Gasteiger partial charge in [-0.3, -0.25) is 14.6 Å². The van der Waals surface area contributed by atoms with Crippen molar-refractivity contribution in [3.05, 3.63) is 97.2 Å². The summed E-state index contributed by atoms with van der Waals surface area (Å²) in [4.78, 5) is 36.4. The van der Waals surface area contributed by atoms with Crippen molar-refractivity contribution in [1.82, 2.24) is 25.5 Å². The lowest BCUT2D eigenvalue weighted by atomic mass is 9.92. The highest BCUT2D eigenvalue weighted by Crippen LogP contribution is 2.32. The molecule has 11 heteroatoms. The van der Waals surface area contributed by atoms with Crippen LogP contribution in [0.3, 0.4) is 0 Å². The fourth-order valence-corrected chi connectivity index (χ4v) is 6.73. The first kappa shape index (κ1) is 26.1. The van der Waals surface area contributed by atoms with E-state index in [1.54, 1.807) is 23.5 Å². The lowest BCUT2D eigenvalue weighted by Gasteiger charge is -2.37. The van der Waals surface area contributed by atoms with Crippen molar-refractivity contribution in [2.75, 3.05) is 18.0 Å². The molecular weight excluding hydrogens is 544 g/mol. The maximum atomic E-state index is 13.3. The number of hydrogen-bond donors (Lipinski definition) is 2. The van der Waals surface area contributed by atoms with Gasteiger partial charge >= 0.3 is 4.87 Å². The molecular formula is C29H28N6O3S2. The van der Waals surface area contributed by atoms with Crippen molar-refractivity contribution < 1.29 is 9.53 Å². The van der Waals surface area contributed by atoms with E-state index in [1.807, 2.05) is 61.7 Å². The van der Waals surface area contributed by atoms with E-state index in [2.05, 4.69) is 30.4 Å². The number of H-pyrrole nitrogens is 1. The van der Waals surface area contributed by atoms with Crippen molar-refractivity contribution in [3.8, 4) is 5.75 Å². The zero-order valence-corrected chi connectivity index (χ0v) is 23.7. The van der Waals surface area contributed by atoms with Crippen LogP contribution >= 0.6 is 22.7 Å². The molecule has 1 saturated heterocycles. The molecule has 3 aromatic heterocycles. The summed E-state index contributed by atoms with van der Waals surface area (Å²) in [5, 5.41) is 14.7.